The second-order valence-corrected chi connectivity index (χ2v) is 7.23. The van der Waals surface area contributed by atoms with Crippen LogP contribution in [0.15, 0.2) is 28.2 Å². The first-order valence-corrected chi connectivity index (χ1v) is 7.73. The molecule has 0 spiro atoms. The molecule has 94 valence electrons. The molecule has 2 N–H and O–H groups in total. The average Bonchev–Trinajstić information content (AvgIpc) is 2.93. The van der Waals surface area contributed by atoms with Crippen LogP contribution in [-0.2, 0) is 6.42 Å². The highest BCUT2D eigenvalue weighted by Gasteiger charge is 2.30. The maximum Gasteiger partial charge on any atom is 0.0731 e. The Morgan fingerprint density at radius 2 is 2.39 bits per heavy atom. The van der Waals surface area contributed by atoms with E-state index in [0.29, 0.717) is 5.92 Å². The molecule has 2 unspecified atom stereocenters. The normalized spacial score (nSPS) is 19.8. The van der Waals surface area contributed by atoms with Crippen LogP contribution in [0.3, 0.4) is 0 Å². The van der Waals surface area contributed by atoms with Gasteiger partial charge in [-0.2, -0.15) is 0 Å². The fraction of sp³-hybridized carbons (Fsp3) is 0.357. The van der Waals surface area contributed by atoms with E-state index in [1.807, 2.05) is 12.3 Å². The van der Waals surface area contributed by atoms with Crippen molar-refractivity contribution in [1.82, 2.24) is 4.98 Å². The minimum atomic E-state index is 0.0659. The van der Waals surface area contributed by atoms with Gasteiger partial charge in [-0.05, 0) is 59.0 Å². The molecule has 1 aliphatic rings. The first-order chi connectivity index (χ1) is 8.66. The van der Waals surface area contributed by atoms with E-state index in [0.717, 1.165) is 12.8 Å². The van der Waals surface area contributed by atoms with Crippen molar-refractivity contribution >= 4 is 27.3 Å². The molecule has 2 aromatic rings. The molecule has 0 aromatic carbocycles. The number of fused-ring (bicyclic) bond motifs is 1. The standard InChI is InChI=1S/C14H15BrN2S/c1-8-7-11(18-14(8)15)12(16)10-5-4-9-3-2-6-17-13(9)10/h2-3,6-7,10,12H,4-5,16H2,1H3. The van der Waals surface area contributed by atoms with E-state index in [1.165, 1.54) is 25.5 Å². The molecule has 2 atom stereocenters. The molecule has 2 nitrogen and oxygen atoms in total. The summed E-state index contributed by atoms with van der Waals surface area (Å²) in [4.78, 5) is 5.78. The largest absolute Gasteiger partial charge is 0.323 e. The van der Waals surface area contributed by atoms with Crippen LogP contribution in [0.25, 0.3) is 0 Å². The molecule has 2 aromatic heterocycles. The van der Waals surface area contributed by atoms with E-state index in [2.05, 4.69) is 40.0 Å². The fourth-order valence-corrected chi connectivity index (χ4v) is 4.28. The third kappa shape index (κ3) is 2.02. The molecule has 1 aliphatic carbocycles. The molecule has 3 rings (SSSR count). The van der Waals surface area contributed by atoms with Crippen LogP contribution >= 0.6 is 27.3 Å². The zero-order chi connectivity index (χ0) is 12.7. The van der Waals surface area contributed by atoms with Gasteiger partial charge in [0, 0.05) is 28.7 Å². The summed E-state index contributed by atoms with van der Waals surface area (Å²) < 4.78 is 1.19. The first-order valence-electron chi connectivity index (χ1n) is 6.12. The fourth-order valence-electron chi connectivity index (χ4n) is 2.64. The van der Waals surface area contributed by atoms with Crippen LogP contribution in [0.5, 0.6) is 0 Å². The van der Waals surface area contributed by atoms with Crippen LogP contribution in [0.2, 0.25) is 0 Å². The van der Waals surface area contributed by atoms with E-state index in [1.54, 1.807) is 11.3 Å². The second-order valence-electron chi connectivity index (χ2n) is 4.82. The van der Waals surface area contributed by atoms with E-state index in [-0.39, 0.29) is 6.04 Å². The van der Waals surface area contributed by atoms with E-state index < -0.39 is 0 Å². The lowest BCUT2D eigenvalue weighted by Gasteiger charge is -2.18. The Labute approximate surface area is 119 Å². The number of aromatic nitrogens is 1. The monoisotopic (exact) mass is 322 g/mol. The molecule has 0 aliphatic heterocycles. The number of nitrogens with zero attached hydrogens (tertiary/aromatic N) is 1. The summed E-state index contributed by atoms with van der Waals surface area (Å²) in [6, 6.07) is 6.44. The number of rotatable bonds is 2. The van der Waals surface area contributed by atoms with Gasteiger partial charge >= 0.3 is 0 Å². The van der Waals surface area contributed by atoms with Crippen molar-refractivity contribution in [2.24, 2.45) is 5.73 Å². The van der Waals surface area contributed by atoms with Crippen LogP contribution in [-0.4, -0.2) is 4.98 Å². The van der Waals surface area contributed by atoms with Crippen molar-refractivity contribution in [3.63, 3.8) is 0 Å². The molecular formula is C14H15BrN2S. The van der Waals surface area contributed by atoms with Gasteiger partial charge in [0.05, 0.1) is 3.79 Å². The Hall–Kier alpha value is -0.710. The van der Waals surface area contributed by atoms with Crippen LogP contribution in [0.4, 0.5) is 0 Å². The lowest BCUT2D eigenvalue weighted by Crippen LogP contribution is -2.17. The van der Waals surface area contributed by atoms with Gasteiger partial charge in [-0.1, -0.05) is 6.07 Å². The summed E-state index contributed by atoms with van der Waals surface area (Å²) in [5.74, 6) is 0.367. The minimum Gasteiger partial charge on any atom is -0.323 e. The Morgan fingerprint density at radius 1 is 1.56 bits per heavy atom. The SMILES string of the molecule is Cc1cc(C(N)C2CCc3cccnc32)sc1Br. The Bertz CT molecular complexity index is 559. The molecule has 4 heteroatoms. The molecule has 0 radical (unpaired) electrons. The average molecular weight is 323 g/mol. The topological polar surface area (TPSA) is 38.9 Å². The van der Waals surface area contributed by atoms with Crippen LogP contribution < -0.4 is 5.73 Å². The van der Waals surface area contributed by atoms with Crippen molar-refractivity contribution in [2.75, 3.05) is 0 Å². The number of hydrogen-bond donors (Lipinski definition) is 1. The summed E-state index contributed by atoms with van der Waals surface area (Å²) in [7, 11) is 0. The van der Waals surface area contributed by atoms with Gasteiger partial charge in [-0.15, -0.1) is 11.3 Å². The molecule has 18 heavy (non-hydrogen) atoms. The summed E-state index contributed by atoms with van der Waals surface area (Å²) in [5, 5.41) is 0. The summed E-state index contributed by atoms with van der Waals surface area (Å²) in [6.45, 7) is 2.11. The van der Waals surface area contributed by atoms with Crippen LogP contribution in [0, 0.1) is 6.92 Å². The van der Waals surface area contributed by atoms with E-state index in [9.17, 15) is 0 Å². The zero-order valence-electron chi connectivity index (χ0n) is 10.2. The number of hydrogen-bond acceptors (Lipinski definition) is 3. The predicted octanol–water partition coefficient (Wildman–Crippen LogP) is 3.94. The van der Waals surface area contributed by atoms with Gasteiger partial charge in [0.15, 0.2) is 0 Å². The summed E-state index contributed by atoms with van der Waals surface area (Å²) >= 11 is 5.32. The van der Waals surface area contributed by atoms with Crippen molar-refractivity contribution in [3.8, 4) is 0 Å². The predicted molar refractivity (Wildman–Crippen MR) is 79.0 cm³/mol. The summed E-state index contributed by atoms with van der Waals surface area (Å²) in [6.07, 6.45) is 4.09. The Kier molecular flexibility index (Phi) is 3.26. The third-order valence-corrected chi connectivity index (χ3v) is 5.88. The van der Waals surface area contributed by atoms with Gasteiger partial charge in [-0.3, -0.25) is 4.98 Å². The van der Waals surface area contributed by atoms with Crippen molar-refractivity contribution < 1.29 is 0 Å². The smallest absolute Gasteiger partial charge is 0.0731 e. The molecule has 0 bridgehead atoms. The first kappa shape index (κ1) is 12.3. The Morgan fingerprint density at radius 3 is 3.11 bits per heavy atom. The van der Waals surface area contributed by atoms with Gasteiger partial charge in [0.2, 0.25) is 0 Å². The number of thiophene rings is 1. The molecule has 0 amide bonds. The highest BCUT2D eigenvalue weighted by Crippen LogP contribution is 2.42. The molecule has 0 fully saturated rings. The quantitative estimate of drug-likeness (QED) is 0.909. The van der Waals surface area contributed by atoms with E-state index >= 15 is 0 Å². The second kappa shape index (κ2) is 4.76. The molecular weight excluding hydrogens is 308 g/mol. The maximum absolute atomic E-state index is 6.45. The van der Waals surface area contributed by atoms with Gasteiger partial charge in [0.25, 0.3) is 0 Å². The highest BCUT2D eigenvalue weighted by atomic mass is 79.9. The number of pyridine rings is 1. The molecule has 0 saturated carbocycles. The van der Waals surface area contributed by atoms with Crippen LogP contribution in [0.1, 0.15) is 40.1 Å². The third-order valence-electron chi connectivity index (χ3n) is 3.64. The van der Waals surface area contributed by atoms with Crippen molar-refractivity contribution in [3.05, 3.63) is 49.9 Å². The Balaban J connectivity index is 1.92. The van der Waals surface area contributed by atoms with E-state index in [4.69, 9.17) is 5.73 Å². The number of halogens is 1. The van der Waals surface area contributed by atoms with Gasteiger partial charge in [0.1, 0.15) is 0 Å². The minimum absolute atomic E-state index is 0.0659. The lowest BCUT2D eigenvalue weighted by atomic mass is 9.96. The number of aryl methyl sites for hydroxylation is 2. The van der Waals surface area contributed by atoms with Crippen molar-refractivity contribution in [2.45, 2.75) is 31.7 Å². The van der Waals surface area contributed by atoms with Crippen molar-refractivity contribution in [1.29, 1.82) is 0 Å². The maximum atomic E-state index is 6.45. The number of nitrogens with two attached hydrogens (primary N) is 1. The van der Waals surface area contributed by atoms with Gasteiger partial charge < -0.3 is 5.73 Å². The van der Waals surface area contributed by atoms with Gasteiger partial charge in [-0.25, -0.2) is 0 Å². The summed E-state index contributed by atoms with van der Waals surface area (Å²) in [5.41, 5.74) is 10.3. The lowest BCUT2D eigenvalue weighted by molar-refractivity contribution is 0.548. The highest BCUT2D eigenvalue weighted by molar-refractivity contribution is 9.11. The molecule has 2 heterocycles. The molecule has 0 saturated heterocycles. The zero-order valence-corrected chi connectivity index (χ0v) is 12.6.